The molecule has 0 aromatic heterocycles. The van der Waals surface area contributed by atoms with E-state index in [2.05, 4.69) is 0 Å². The van der Waals surface area contributed by atoms with Crippen molar-refractivity contribution in [1.29, 1.82) is 0 Å². The maximum Gasteiger partial charge on any atom is 0.324 e. The summed E-state index contributed by atoms with van der Waals surface area (Å²) < 4.78 is 32.4. The molecule has 0 fully saturated rings. The summed E-state index contributed by atoms with van der Waals surface area (Å²) in [6.45, 7) is 0.0415. The van der Waals surface area contributed by atoms with Gasteiger partial charge in [-0.2, -0.15) is 4.31 Å². The summed E-state index contributed by atoms with van der Waals surface area (Å²) in [5.74, 6) is -0.624. The number of nitrogens with zero attached hydrogens (tertiary/aromatic N) is 1. The molecule has 2 aromatic carbocycles. The fourth-order valence-corrected chi connectivity index (χ4v) is 5.59. The molecule has 132 valence electrons. The Bertz CT molecular complexity index is 910. The molecule has 0 bridgehead atoms. The molecule has 0 N–H and O–H groups in total. The Morgan fingerprint density at radius 1 is 1.08 bits per heavy atom. The largest absolute Gasteiger partial charge is 0.468 e. The van der Waals surface area contributed by atoms with E-state index in [0.717, 1.165) is 15.4 Å². The topological polar surface area (TPSA) is 63.7 Å². The first-order valence-electron chi connectivity index (χ1n) is 7.46. The van der Waals surface area contributed by atoms with Crippen LogP contribution in [-0.4, -0.2) is 31.8 Å². The fraction of sp³-hybridized carbons (Fsp3) is 0.235. The van der Waals surface area contributed by atoms with Gasteiger partial charge in [0.1, 0.15) is 10.9 Å². The average molecular weight is 400 g/mol. The Morgan fingerprint density at radius 2 is 1.68 bits per heavy atom. The predicted octanol–water partition coefficient (Wildman–Crippen LogP) is 3.28. The predicted molar refractivity (Wildman–Crippen MR) is 95.1 cm³/mol. The van der Waals surface area contributed by atoms with E-state index in [1.807, 2.05) is 24.3 Å². The molecule has 1 aliphatic rings. The lowest BCUT2D eigenvalue weighted by atomic mass is 9.96. The van der Waals surface area contributed by atoms with Crippen LogP contribution in [0.2, 0.25) is 10.0 Å². The first kappa shape index (κ1) is 18.2. The van der Waals surface area contributed by atoms with Gasteiger partial charge in [0.2, 0.25) is 10.0 Å². The van der Waals surface area contributed by atoms with E-state index in [4.69, 9.17) is 27.9 Å². The van der Waals surface area contributed by atoms with Gasteiger partial charge in [0.25, 0.3) is 0 Å². The number of ether oxygens (including phenoxy) is 1. The number of sulfonamides is 1. The zero-order valence-corrected chi connectivity index (χ0v) is 15.6. The van der Waals surface area contributed by atoms with E-state index < -0.39 is 22.0 Å². The lowest BCUT2D eigenvalue weighted by Crippen LogP contribution is -2.49. The van der Waals surface area contributed by atoms with Crippen LogP contribution in [0.1, 0.15) is 11.1 Å². The molecule has 3 rings (SSSR count). The monoisotopic (exact) mass is 399 g/mol. The Morgan fingerprint density at radius 3 is 2.28 bits per heavy atom. The number of benzene rings is 2. The number of fused-ring (bicyclic) bond motifs is 1. The maximum absolute atomic E-state index is 13.2. The van der Waals surface area contributed by atoms with Crippen molar-refractivity contribution in [2.24, 2.45) is 0 Å². The van der Waals surface area contributed by atoms with Crippen molar-refractivity contribution in [2.45, 2.75) is 23.9 Å². The summed E-state index contributed by atoms with van der Waals surface area (Å²) in [7, 11) is -2.87. The molecule has 0 amide bonds. The van der Waals surface area contributed by atoms with Gasteiger partial charge in [-0.15, -0.1) is 0 Å². The number of hydrogen-bond acceptors (Lipinski definition) is 4. The van der Waals surface area contributed by atoms with Gasteiger partial charge in [-0.1, -0.05) is 53.5 Å². The van der Waals surface area contributed by atoms with E-state index in [-0.39, 0.29) is 27.9 Å². The van der Waals surface area contributed by atoms with Gasteiger partial charge in [0.05, 0.1) is 17.2 Å². The molecule has 0 spiro atoms. The number of carbonyl (C=O) groups is 1. The Balaban J connectivity index is 2.14. The first-order chi connectivity index (χ1) is 11.9. The molecule has 8 heteroatoms. The van der Waals surface area contributed by atoms with Crippen LogP contribution in [0, 0.1) is 0 Å². The number of carbonyl (C=O) groups excluding carboxylic acids is 1. The van der Waals surface area contributed by atoms with E-state index in [0.29, 0.717) is 0 Å². The standard InChI is InChI=1S/C17H15Cl2NO4S/c1-24-17(21)15-9-11-5-2-3-6-12(11)10-20(15)25(22,23)16-13(18)7-4-8-14(16)19/h2-8,15H,9-10H2,1H3/t15-/m1/s1. The summed E-state index contributed by atoms with van der Waals surface area (Å²) >= 11 is 12.2. The van der Waals surface area contributed by atoms with Crippen LogP contribution in [0.4, 0.5) is 0 Å². The average Bonchev–Trinajstić information content (AvgIpc) is 2.59. The van der Waals surface area contributed by atoms with Gasteiger partial charge in [0.15, 0.2) is 0 Å². The lowest BCUT2D eigenvalue weighted by Gasteiger charge is -2.34. The molecular formula is C17H15Cl2NO4S. The molecule has 0 unspecified atom stereocenters. The molecule has 1 heterocycles. The third-order valence-electron chi connectivity index (χ3n) is 4.16. The zero-order chi connectivity index (χ0) is 18.2. The van der Waals surface area contributed by atoms with Crippen molar-refractivity contribution in [1.82, 2.24) is 4.31 Å². The maximum atomic E-state index is 13.2. The molecule has 0 aliphatic carbocycles. The van der Waals surface area contributed by atoms with Crippen LogP contribution in [0.15, 0.2) is 47.4 Å². The van der Waals surface area contributed by atoms with Crippen molar-refractivity contribution < 1.29 is 17.9 Å². The highest BCUT2D eigenvalue weighted by Gasteiger charge is 2.41. The first-order valence-corrected chi connectivity index (χ1v) is 9.66. The van der Waals surface area contributed by atoms with E-state index in [1.54, 1.807) is 6.07 Å². The van der Waals surface area contributed by atoms with Crippen LogP contribution in [-0.2, 0) is 32.5 Å². The minimum absolute atomic E-state index is 0.00924. The minimum Gasteiger partial charge on any atom is -0.468 e. The quantitative estimate of drug-likeness (QED) is 0.742. The van der Waals surface area contributed by atoms with Crippen molar-refractivity contribution in [3.63, 3.8) is 0 Å². The van der Waals surface area contributed by atoms with Crippen molar-refractivity contribution in [3.05, 3.63) is 63.6 Å². The molecule has 1 aliphatic heterocycles. The summed E-state index contributed by atoms with van der Waals surface area (Å²) in [6.07, 6.45) is 0.226. The Hall–Kier alpha value is -1.60. The van der Waals surface area contributed by atoms with Crippen LogP contribution in [0.25, 0.3) is 0 Å². The van der Waals surface area contributed by atoms with Crippen LogP contribution in [0.3, 0.4) is 0 Å². The van der Waals surface area contributed by atoms with Gasteiger partial charge < -0.3 is 4.74 Å². The van der Waals surface area contributed by atoms with Crippen LogP contribution in [0.5, 0.6) is 0 Å². The molecule has 0 radical (unpaired) electrons. The molecule has 5 nitrogen and oxygen atoms in total. The normalized spacial score (nSPS) is 17.8. The summed E-state index contributed by atoms with van der Waals surface area (Å²) in [5.41, 5.74) is 1.74. The summed E-state index contributed by atoms with van der Waals surface area (Å²) in [6, 6.07) is 10.9. The fourth-order valence-electron chi connectivity index (χ4n) is 2.93. The van der Waals surface area contributed by atoms with Gasteiger partial charge in [0, 0.05) is 13.0 Å². The highest BCUT2D eigenvalue weighted by atomic mass is 35.5. The zero-order valence-electron chi connectivity index (χ0n) is 13.3. The smallest absolute Gasteiger partial charge is 0.324 e. The molecule has 25 heavy (non-hydrogen) atoms. The van der Waals surface area contributed by atoms with Crippen molar-refractivity contribution >= 4 is 39.2 Å². The third-order valence-corrected chi connectivity index (χ3v) is 6.98. The number of halogens is 2. The van der Waals surface area contributed by atoms with Gasteiger partial charge in [-0.05, 0) is 23.3 Å². The van der Waals surface area contributed by atoms with E-state index >= 15 is 0 Å². The highest BCUT2D eigenvalue weighted by molar-refractivity contribution is 7.89. The number of methoxy groups -OCH3 is 1. The van der Waals surface area contributed by atoms with Crippen LogP contribution >= 0.6 is 23.2 Å². The Labute approximate surface area is 156 Å². The van der Waals surface area contributed by atoms with Crippen molar-refractivity contribution in [3.8, 4) is 0 Å². The molecular weight excluding hydrogens is 385 g/mol. The summed E-state index contributed by atoms with van der Waals surface area (Å²) in [4.78, 5) is 12.0. The second-order valence-electron chi connectivity index (χ2n) is 5.61. The van der Waals surface area contributed by atoms with Crippen LogP contribution < -0.4 is 0 Å². The third kappa shape index (κ3) is 3.27. The number of rotatable bonds is 3. The second-order valence-corrected chi connectivity index (χ2v) is 8.25. The van der Waals surface area contributed by atoms with E-state index in [1.165, 1.54) is 19.2 Å². The number of esters is 1. The van der Waals surface area contributed by atoms with Crippen molar-refractivity contribution in [2.75, 3.05) is 7.11 Å². The molecule has 0 saturated heterocycles. The number of hydrogen-bond donors (Lipinski definition) is 0. The molecule has 0 saturated carbocycles. The second kappa shape index (κ2) is 6.96. The highest BCUT2D eigenvalue weighted by Crippen LogP contribution is 2.35. The van der Waals surface area contributed by atoms with Gasteiger partial charge in [-0.3, -0.25) is 4.79 Å². The van der Waals surface area contributed by atoms with Gasteiger partial charge >= 0.3 is 5.97 Å². The minimum atomic E-state index is -4.10. The molecule has 1 atom stereocenters. The molecule has 2 aromatic rings. The lowest BCUT2D eigenvalue weighted by molar-refractivity contribution is -0.145. The summed E-state index contributed by atoms with van der Waals surface area (Å²) in [5, 5.41) is 0.0185. The Kier molecular flexibility index (Phi) is 5.06. The SMILES string of the molecule is COC(=O)[C@H]1Cc2ccccc2CN1S(=O)(=O)c1c(Cl)cccc1Cl. The van der Waals surface area contributed by atoms with E-state index in [9.17, 15) is 13.2 Å². The van der Waals surface area contributed by atoms with Gasteiger partial charge in [-0.25, -0.2) is 8.42 Å².